The van der Waals surface area contributed by atoms with E-state index in [-0.39, 0.29) is 6.03 Å². The Morgan fingerprint density at radius 1 is 1.17 bits per heavy atom. The SMILES string of the molecule is O=C(NCCN1CCOCC1)Nc1ccc(OC2CCCC2)cc1. The number of hydrogen-bond donors (Lipinski definition) is 2. The first-order valence-corrected chi connectivity index (χ1v) is 8.91. The molecule has 24 heavy (non-hydrogen) atoms. The number of amides is 2. The Labute approximate surface area is 143 Å². The van der Waals surface area contributed by atoms with Gasteiger partial charge in [-0.25, -0.2) is 4.79 Å². The quantitative estimate of drug-likeness (QED) is 0.839. The van der Waals surface area contributed by atoms with Gasteiger partial charge in [0.1, 0.15) is 5.75 Å². The maximum absolute atomic E-state index is 11.9. The normalized spacial score (nSPS) is 19.2. The molecule has 1 aliphatic heterocycles. The van der Waals surface area contributed by atoms with Gasteiger partial charge in [0, 0.05) is 31.9 Å². The minimum absolute atomic E-state index is 0.173. The van der Waals surface area contributed by atoms with Crippen LogP contribution in [0.4, 0.5) is 10.5 Å². The highest BCUT2D eigenvalue weighted by atomic mass is 16.5. The summed E-state index contributed by atoms with van der Waals surface area (Å²) in [6.07, 6.45) is 5.16. The maximum atomic E-state index is 11.9. The highest BCUT2D eigenvalue weighted by Crippen LogP contribution is 2.24. The third kappa shape index (κ3) is 5.39. The van der Waals surface area contributed by atoms with Crippen molar-refractivity contribution < 1.29 is 14.3 Å². The summed E-state index contributed by atoms with van der Waals surface area (Å²) in [6.45, 7) is 4.92. The number of nitrogens with one attached hydrogen (secondary N) is 2. The zero-order valence-electron chi connectivity index (χ0n) is 14.1. The molecule has 1 aromatic carbocycles. The van der Waals surface area contributed by atoms with Crippen LogP contribution >= 0.6 is 0 Å². The van der Waals surface area contributed by atoms with Crippen molar-refractivity contribution in [1.29, 1.82) is 0 Å². The zero-order valence-corrected chi connectivity index (χ0v) is 14.1. The molecular weight excluding hydrogens is 306 g/mol. The van der Waals surface area contributed by atoms with E-state index < -0.39 is 0 Å². The number of nitrogens with zero attached hydrogens (tertiary/aromatic N) is 1. The fourth-order valence-corrected chi connectivity index (χ4v) is 3.14. The van der Waals surface area contributed by atoms with E-state index in [4.69, 9.17) is 9.47 Å². The van der Waals surface area contributed by atoms with Gasteiger partial charge in [-0.3, -0.25) is 4.90 Å². The highest BCUT2D eigenvalue weighted by molar-refractivity contribution is 5.89. The van der Waals surface area contributed by atoms with E-state index in [1.54, 1.807) is 0 Å². The molecule has 132 valence electrons. The first-order chi connectivity index (χ1) is 11.8. The van der Waals surface area contributed by atoms with E-state index in [9.17, 15) is 4.79 Å². The number of carbonyl (C=O) groups is 1. The molecule has 6 nitrogen and oxygen atoms in total. The number of urea groups is 1. The van der Waals surface area contributed by atoms with Crippen molar-refractivity contribution in [2.24, 2.45) is 0 Å². The second-order valence-electron chi connectivity index (χ2n) is 6.38. The van der Waals surface area contributed by atoms with Crippen molar-refractivity contribution in [2.75, 3.05) is 44.7 Å². The van der Waals surface area contributed by atoms with Crippen molar-refractivity contribution in [3.05, 3.63) is 24.3 Å². The van der Waals surface area contributed by atoms with Crippen molar-refractivity contribution in [1.82, 2.24) is 10.2 Å². The van der Waals surface area contributed by atoms with Crippen LogP contribution in [-0.4, -0.2) is 56.4 Å². The Morgan fingerprint density at radius 2 is 1.88 bits per heavy atom. The van der Waals surface area contributed by atoms with Crippen molar-refractivity contribution in [3.8, 4) is 5.75 Å². The lowest BCUT2D eigenvalue weighted by Crippen LogP contribution is -2.42. The lowest BCUT2D eigenvalue weighted by atomic mass is 10.3. The lowest BCUT2D eigenvalue weighted by molar-refractivity contribution is 0.0388. The summed E-state index contributed by atoms with van der Waals surface area (Å²) in [5.74, 6) is 0.875. The molecule has 1 heterocycles. The monoisotopic (exact) mass is 333 g/mol. The Hall–Kier alpha value is -1.79. The summed E-state index contributed by atoms with van der Waals surface area (Å²) in [6, 6.07) is 7.42. The van der Waals surface area contributed by atoms with E-state index in [1.807, 2.05) is 24.3 Å². The van der Waals surface area contributed by atoms with Crippen LogP contribution in [0.5, 0.6) is 5.75 Å². The van der Waals surface area contributed by atoms with Crippen LogP contribution in [0, 0.1) is 0 Å². The second-order valence-corrected chi connectivity index (χ2v) is 6.38. The smallest absolute Gasteiger partial charge is 0.319 e. The van der Waals surface area contributed by atoms with Crippen LogP contribution in [-0.2, 0) is 4.74 Å². The third-order valence-electron chi connectivity index (χ3n) is 4.53. The number of benzene rings is 1. The summed E-state index contributed by atoms with van der Waals surface area (Å²) >= 11 is 0. The average molecular weight is 333 g/mol. The summed E-state index contributed by atoms with van der Waals surface area (Å²) in [7, 11) is 0. The van der Waals surface area contributed by atoms with Gasteiger partial charge < -0.3 is 20.1 Å². The van der Waals surface area contributed by atoms with Gasteiger partial charge in [-0.1, -0.05) is 0 Å². The maximum Gasteiger partial charge on any atom is 0.319 e. The van der Waals surface area contributed by atoms with Gasteiger partial charge in [0.15, 0.2) is 0 Å². The lowest BCUT2D eigenvalue weighted by Gasteiger charge is -2.26. The summed E-state index contributed by atoms with van der Waals surface area (Å²) in [5, 5.41) is 5.74. The molecular formula is C18H27N3O3. The van der Waals surface area contributed by atoms with Gasteiger partial charge in [0.05, 0.1) is 19.3 Å². The topological polar surface area (TPSA) is 62.8 Å². The molecule has 2 N–H and O–H groups in total. The molecule has 0 radical (unpaired) electrons. The molecule has 1 saturated carbocycles. The van der Waals surface area contributed by atoms with Crippen LogP contribution in [0.3, 0.4) is 0 Å². The number of hydrogen-bond acceptors (Lipinski definition) is 4. The van der Waals surface area contributed by atoms with Crippen LogP contribution in [0.2, 0.25) is 0 Å². The molecule has 2 amide bonds. The van der Waals surface area contributed by atoms with Crippen LogP contribution in [0.1, 0.15) is 25.7 Å². The minimum Gasteiger partial charge on any atom is -0.490 e. The van der Waals surface area contributed by atoms with Gasteiger partial charge >= 0.3 is 6.03 Å². The van der Waals surface area contributed by atoms with E-state index in [2.05, 4.69) is 15.5 Å². The second kappa shape index (κ2) is 8.89. The Balaban J connectivity index is 1.36. The fourth-order valence-electron chi connectivity index (χ4n) is 3.14. The Kier molecular flexibility index (Phi) is 6.32. The van der Waals surface area contributed by atoms with Crippen LogP contribution in [0.15, 0.2) is 24.3 Å². The van der Waals surface area contributed by atoms with Gasteiger partial charge in [-0.2, -0.15) is 0 Å². The average Bonchev–Trinajstić information content (AvgIpc) is 3.11. The first kappa shape index (κ1) is 17.0. The molecule has 0 unspecified atom stereocenters. The molecule has 1 aliphatic carbocycles. The summed E-state index contributed by atoms with van der Waals surface area (Å²) < 4.78 is 11.2. The third-order valence-corrected chi connectivity index (χ3v) is 4.53. The molecule has 0 aromatic heterocycles. The van der Waals surface area contributed by atoms with Gasteiger partial charge in [0.25, 0.3) is 0 Å². The Bertz CT molecular complexity index is 509. The number of rotatable bonds is 6. The highest BCUT2D eigenvalue weighted by Gasteiger charge is 2.16. The molecule has 0 atom stereocenters. The summed E-state index contributed by atoms with van der Waals surface area (Å²) in [5.41, 5.74) is 0.776. The minimum atomic E-state index is -0.173. The molecule has 2 fully saturated rings. The van der Waals surface area contributed by atoms with Crippen LogP contribution in [0.25, 0.3) is 0 Å². The summed E-state index contributed by atoms with van der Waals surface area (Å²) in [4.78, 5) is 14.2. The number of ether oxygens (including phenoxy) is 2. The fraction of sp³-hybridized carbons (Fsp3) is 0.611. The van der Waals surface area contributed by atoms with E-state index >= 15 is 0 Å². The number of carbonyl (C=O) groups excluding carboxylic acids is 1. The molecule has 0 spiro atoms. The van der Waals surface area contributed by atoms with Crippen molar-refractivity contribution in [3.63, 3.8) is 0 Å². The molecule has 2 aliphatic rings. The van der Waals surface area contributed by atoms with E-state index in [1.165, 1.54) is 12.8 Å². The predicted octanol–water partition coefficient (Wildman–Crippen LogP) is 2.46. The predicted molar refractivity (Wildman–Crippen MR) is 93.6 cm³/mol. The Morgan fingerprint density at radius 3 is 2.58 bits per heavy atom. The van der Waals surface area contributed by atoms with Gasteiger partial charge in [-0.15, -0.1) is 0 Å². The number of morpholine rings is 1. The molecule has 3 rings (SSSR count). The van der Waals surface area contributed by atoms with E-state index in [0.717, 1.165) is 57.1 Å². The molecule has 1 aromatic rings. The molecule has 6 heteroatoms. The molecule has 0 bridgehead atoms. The zero-order chi connectivity index (χ0) is 16.6. The van der Waals surface area contributed by atoms with E-state index in [0.29, 0.717) is 12.6 Å². The van der Waals surface area contributed by atoms with Crippen molar-refractivity contribution in [2.45, 2.75) is 31.8 Å². The largest absolute Gasteiger partial charge is 0.490 e. The number of anilines is 1. The van der Waals surface area contributed by atoms with Crippen LogP contribution < -0.4 is 15.4 Å². The molecule has 1 saturated heterocycles. The van der Waals surface area contributed by atoms with Crippen molar-refractivity contribution >= 4 is 11.7 Å². The standard InChI is InChI=1S/C18H27N3O3/c22-18(19-9-10-21-11-13-23-14-12-21)20-15-5-7-17(8-6-15)24-16-3-1-2-4-16/h5-8,16H,1-4,9-14H2,(H2,19,20,22). The first-order valence-electron chi connectivity index (χ1n) is 8.91. The van der Waals surface area contributed by atoms with Gasteiger partial charge in [-0.05, 0) is 49.9 Å². The van der Waals surface area contributed by atoms with Gasteiger partial charge in [0.2, 0.25) is 0 Å².